The molecule has 0 radical (unpaired) electrons. The lowest BCUT2D eigenvalue weighted by Crippen LogP contribution is -2.36. The van der Waals surface area contributed by atoms with Crippen LogP contribution in [0.5, 0.6) is 0 Å². The van der Waals surface area contributed by atoms with Crippen LogP contribution in [-0.2, 0) is 17.5 Å². The van der Waals surface area contributed by atoms with Gasteiger partial charge in [0.1, 0.15) is 0 Å². The second-order valence-corrected chi connectivity index (χ2v) is 10.8. The summed E-state index contributed by atoms with van der Waals surface area (Å²) >= 11 is 6.13. The molecular formula is C31H31ClF3N3O5. The van der Waals surface area contributed by atoms with Gasteiger partial charge in [0.15, 0.2) is 6.10 Å². The maximum absolute atomic E-state index is 13.5. The van der Waals surface area contributed by atoms with Crippen LogP contribution in [0.2, 0.25) is 5.02 Å². The van der Waals surface area contributed by atoms with Crippen molar-refractivity contribution in [2.45, 2.75) is 56.8 Å². The zero-order valence-electron chi connectivity index (χ0n) is 23.0. The van der Waals surface area contributed by atoms with Crippen LogP contribution in [0.1, 0.15) is 65.1 Å². The van der Waals surface area contributed by atoms with E-state index in [2.05, 4.69) is 10.6 Å². The lowest BCUT2D eigenvalue weighted by Gasteiger charge is -2.26. The van der Waals surface area contributed by atoms with E-state index in [-0.39, 0.29) is 22.8 Å². The SMILES string of the molecule is O=C(NC[C@@H](O)C(=O)O)c1ccc(CN(C(=O)Nc2cc(C(F)(F)F)ccc2Cl)c2ccc(C3CCCCC3)cc2)cc1. The summed E-state index contributed by atoms with van der Waals surface area (Å²) in [5.41, 5.74) is 1.31. The van der Waals surface area contributed by atoms with Crippen molar-refractivity contribution in [3.63, 3.8) is 0 Å². The fourth-order valence-corrected chi connectivity index (χ4v) is 5.11. The van der Waals surface area contributed by atoms with Crippen LogP contribution in [0.3, 0.4) is 0 Å². The van der Waals surface area contributed by atoms with Crippen LogP contribution in [0.4, 0.5) is 29.3 Å². The molecule has 0 unspecified atom stereocenters. The summed E-state index contributed by atoms with van der Waals surface area (Å²) in [7, 11) is 0. The highest BCUT2D eigenvalue weighted by Crippen LogP contribution is 2.35. The van der Waals surface area contributed by atoms with Gasteiger partial charge in [0.2, 0.25) is 0 Å². The number of aliphatic hydroxyl groups is 1. The number of carbonyl (C=O) groups excluding carboxylic acids is 2. The summed E-state index contributed by atoms with van der Waals surface area (Å²) in [6.45, 7) is -0.469. The highest BCUT2D eigenvalue weighted by molar-refractivity contribution is 6.33. The van der Waals surface area contributed by atoms with Gasteiger partial charge in [-0.05, 0) is 72.4 Å². The number of aliphatic carboxylic acids is 1. The molecule has 4 N–H and O–H groups in total. The first-order valence-electron chi connectivity index (χ1n) is 13.8. The van der Waals surface area contributed by atoms with E-state index in [0.717, 1.165) is 49.4 Å². The van der Waals surface area contributed by atoms with Gasteiger partial charge < -0.3 is 20.8 Å². The summed E-state index contributed by atoms with van der Waals surface area (Å²) in [6, 6.07) is 15.6. The minimum absolute atomic E-state index is 0.00478. The Hall–Kier alpha value is -4.09. The number of anilines is 2. The number of carbonyl (C=O) groups is 3. The van der Waals surface area contributed by atoms with Gasteiger partial charge in [-0.2, -0.15) is 13.2 Å². The fourth-order valence-electron chi connectivity index (χ4n) is 4.95. The van der Waals surface area contributed by atoms with Crippen LogP contribution in [0.25, 0.3) is 0 Å². The van der Waals surface area contributed by atoms with E-state index in [0.29, 0.717) is 17.2 Å². The number of amides is 3. The Balaban J connectivity index is 1.56. The summed E-state index contributed by atoms with van der Waals surface area (Å²) in [4.78, 5) is 38.0. The average molecular weight is 618 g/mol. The third-order valence-electron chi connectivity index (χ3n) is 7.36. The van der Waals surface area contributed by atoms with E-state index < -0.39 is 42.3 Å². The summed E-state index contributed by atoms with van der Waals surface area (Å²) in [5.74, 6) is -1.63. The van der Waals surface area contributed by atoms with Gasteiger partial charge in [0, 0.05) is 11.3 Å². The van der Waals surface area contributed by atoms with Gasteiger partial charge in [-0.1, -0.05) is 55.1 Å². The molecule has 1 aliphatic carbocycles. The number of aliphatic hydroxyl groups excluding tert-OH is 1. The molecule has 0 aliphatic heterocycles. The standard InChI is InChI=1S/C31H31ClF3N3O5/c32-25-15-12-23(31(33,34)35)16-26(25)37-30(43)38(24-13-10-21(11-14-24)20-4-2-1-3-5-20)18-19-6-8-22(9-7-19)28(40)36-17-27(39)29(41)42/h6-16,20,27,39H,1-5,17-18H2,(H,36,40)(H,37,43)(H,41,42)/t27-/m1/s1. The molecule has 12 heteroatoms. The summed E-state index contributed by atoms with van der Waals surface area (Å²) in [6.07, 6.45) is -0.659. The molecule has 0 bridgehead atoms. The van der Waals surface area contributed by atoms with Crippen molar-refractivity contribution in [1.29, 1.82) is 0 Å². The number of hydrogen-bond acceptors (Lipinski definition) is 4. The van der Waals surface area contributed by atoms with Crippen LogP contribution in [0, 0.1) is 0 Å². The van der Waals surface area contributed by atoms with E-state index in [1.165, 1.54) is 23.5 Å². The Morgan fingerprint density at radius 1 is 0.953 bits per heavy atom. The van der Waals surface area contributed by atoms with Crippen molar-refractivity contribution in [2.75, 3.05) is 16.8 Å². The van der Waals surface area contributed by atoms with Gasteiger partial charge in [0.25, 0.3) is 5.91 Å². The fraction of sp³-hybridized carbons (Fsp3) is 0.323. The number of halogens is 4. The molecule has 228 valence electrons. The lowest BCUT2D eigenvalue weighted by molar-refractivity contribution is -0.146. The van der Waals surface area contributed by atoms with Crippen LogP contribution in [-0.4, -0.2) is 40.8 Å². The second kappa shape index (κ2) is 13.9. The average Bonchev–Trinajstić information content (AvgIpc) is 2.99. The molecule has 1 fully saturated rings. The Morgan fingerprint density at radius 2 is 1.60 bits per heavy atom. The van der Waals surface area contributed by atoms with Crippen molar-refractivity contribution in [3.8, 4) is 0 Å². The number of alkyl halides is 3. The molecule has 8 nitrogen and oxygen atoms in total. The monoisotopic (exact) mass is 617 g/mol. The molecule has 1 aliphatic rings. The number of nitrogens with one attached hydrogen (secondary N) is 2. The number of hydrogen-bond donors (Lipinski definition) is 4. The Bertz CT molecular complexity index is 1440. The number of rotatable bonds is 9. The number of carboxylic acids is 1. The quantitative estimate of drug-likeness (QED) is 0.210. The van der Waals surface area contributed by atoms with Crippen molar-refractivity contribution in [3.05, 3.63) is 94.0 Å². The van der Waals surface area contributed by atoms with Crippen molar-refractivity contribution < 1.29 is 37.8 Å². The molecule has 0 spiro atoms. The van der Waals surface area contributed by atoms with Crippen molar-refractivity contribution in [2.24, 2.45) is 0 Å². The largest absolute Gasteiger partial charge is 0.479 e. The van der Waals surface area contributed by atoms with Crippen LogP contribution in [0.15, 0.2) is 66.7 Å². The molecule has 3 amide bonds. The smallest absolute Gasteiger partial charge is 0.416 e. The molecule has 0 aromatic heterocycles. The predicted octanol–water partition coefficient (Wildman–Crippen LogP) is 6.82. The number of benzene rings is 3. The molecule has 3 aromatic rings. The van der Waals surface area contributed by atoms with E-state index in [4.69, 9.17) is 16.7 Å². The molecule has 4 rings (SSSR count). The van der Waals surface area contributed by atoms with Gasteiger partial charge in [0.05, 0.1) is 29.4 Å². The first kappa shape index (κ1) is 31.8. The van der Waals surface area contributed by atoms with Gasteiger partial charge in [-0.25, -0.2) is 9.59 Å². The maximum Gasteiger partial charge on any atom is 0.416 e. The molecule has 43 heavy (non-hydrogen) atoms. The van der Waals surface area contributed by atoms with Crippen LogP contribution < -0.4 is 15.5 Å². The van der Waals surface area contributed by atoms with E-state index in [1.54, 1.807) is 24.3 Å². The van der Waals surface area contributed by atoms with Gasteiger partial charge in [-0.15, -0.1) is 0 Å². The minimum atomic E-state index is -4.63. The Labute approximate surface area is 251 Å². The zero-order chi connectivity index (χ0) is 31.1. The zero-order valence-corrected chi connectivity index (χ0v) is 23.8. The van der Waals surface area contributed by atoms with Crippen molar-refractivity contribution >= 4 is 40.9 Å². The van der Waals surface area contributed by atoms with E-state index in [9.17, 15) is 32.7 Å². The van der Waals surface area contributed by atoms with E-state index >= 15 is 0 Å². The predicted molar refractivity (Wildman–Crippen MR) is 156 cm³/mol. The third-order valence-corrected chi connectivity index (χ3v) is 7.69. The number of nitrogens with zero attached hydrogens (tertiary/aromatic N) is 1. The third kappa shape index (κ3) is 8.48. The minimum Gasteiger partial charge on any atom is -0.479 e. The van der Waals surface area contributed by atoms with Crippen molar-refractivity contribution in [1.82, 2.24) is 5.32 Å². The first-order valence-corrected chi connectivity index (χ1v) is 14.1. The van der Waals surface area contributed by atoms with Crippen LogP contribution >= 0.6 is 11.6 Å². The summed E-state index contributed by atoms with van der Waals surface area (Å²) < 4.78 is 40.0. The first-order chi connectivity index (χ1) is 20.4. The molecule has 1 saturated carbocycles. The van der Waals surface area contributed by atoms with Gasteiger partial charge in [-0.3, -0.25) is 9.69 Å². The lowest BCUT2D eigenvalue weighted by atomic mass is 9.84. The molecule has 0 saturated heterocycles. The molecule has 0 heterocycles. The normalized spacial score (nSPS) is 14.5. The molecule has 1 atom stereocenters. The van der Waals surface area contributed by atoms with Gasteiger partial charge >= 0.3 is 18.2 Å². The highest BCUT2D eigenvalue weighted by Gasteiger charge is 2.31. The Kier molecular flexibility index (Phi) is 10.3. The molecular weight excluding hydrogens is 587 g/mol. The number of carboxylic acid groups (broad SMARTS) is 1. The number of urea groups is 1. The van der Waals surface area contributed by atoms with E-state index in [1.807, 2.05) is 12.1 Å². The topological polar surface area (TPSA) is 119 Å². The second-order valence-electron chi connectivity index (χ2n) is 10.4. The highest BCUT2D eigenvalue weighted by atomic mass is 35.5. The summed E-state index contributed by atoms with van der Waals surface area (Å²) in [5, 5.41) is 22.9. The Morgan fingerprint density at radius 3 is 2.21 bits per heavy atom. The maximum atomic E-state index is 13.5. The molecule has 3 aromatic carbocycles.